The van der Waals surface area contributed by atoms with Crippen LogP contribution in [-0.2, 0) is 11.2 Å². The molecule has 45 heavy (non-hydrogen) atoms. The quantitative estimate of drug-likeness (QED) is 0.0665. The Morgan fingerprint density at radius 1 is 1.16 bits per heavy atom. The number of amides is 1. The van der Waals surface area contributed by atoms with Crippen LogP contribution in [0.4, 0.5) is 4.39 Å². The third-order valence-corrected chi connectivity index (χ3v) is 7.90. The Labute approximate surface area is 267 Å². The minimum atomic E-state index is -0.569. The highest BCUT2D eigenvalue weighted by molar-refractivity contribution is 6.31. The van der Waals surface area contributed by atoms with Crippen molar-refractivity contribution in [3.05, 3.63) is 81.1 Å². The van der Waals surface area contributed by atoms with E-state index in [1.54, 1.807) is 31.3 Å². The number of H-pyrrole nitrogens is 1. The van der Waals surface area contributed by atoms with Gasteiger partial charge in [0.1, 0.15) is 5.65 Å². The summed E-state index contributed by atoms with van der Waals surface area (Å²) in [4.78, 5) is 35.7. The number of nitrogens with one attached hydrogen (secondary N) is 2. The predicted octanol–water partition coefficient (Wildman–Crippen LogP) is 4.90. The van der Waals surface area contributed by atoms with Crippen molar-refractivity contribution in [3.63, 3.8) is 0 Å². The number of rotatable bonds is 16. The van der Waals surface area contributed by atoms with Crippen molar-refractivity contribution in [1.82, 2.24) is 19.9 Å². The molecular weight excluding hydrogens is 595 g/mol. The number of carbonyl (C=O) groups is 1. The van der Waals surface area contributed by atoms with Gasteiger partial charge >= 0.3 is 5.69 Å². The minimum Gasteiger partial charge on any atom is -0.388 e. The van der Waals surface area contributed by atoms with Gasteiger partial charge < -0.3 is 27.5 Å². The summed E-state index contributed by atoms with van der Waals surface area (Å²) in [6.07, 6.45) is 6.57. The van der Waals surface area contributed by atoms with Crippen molar-refractivity contribution < 1.29 is 9.18 Å². The van der Waals surface area contributed by atoms with Crippen molar-refractivity contribution in [2.45, 2.75) is 70.9 Å². The van der Waals surface area contributed by atoms with Gasteiger partial charge in [0, 0.05) is 42.2 Å². The van der Waals surface area contributed by atoms with E-state index in [4.69, 9.17) is 28.8 Å². The van der Waals surface area contributed by atoms with Crippen molar-refractivity contribution >= 4 is 34.4 Å². The Morgan fingerprint density at radius 3 is 2.60 bits per heavy atom. The Balaban J connectivity index is 1.52. The second-order valence-electron chi connectivity index (χ2n) is 11.4. The molecule has 0 saturated carbocycles. The number of hydrogen-bond donors (Lipinski definition) is 5. The van der Waals surface area contributed by atoms with Gasteiger partial charge in [0.15, 0.2) is 5.82 Å². The van der Waals surface area contributed by atoms with Crippen molar-refractivity contribution in [1.29, 1.82) is 0 Å². The lowest BCUT2D eigenvalue weighted by Crippen LogP contribution is -2.27. The Morgan fingerprint density at radius 2 is 1.91 bits per heavy atom. The third kappa shape index (κ3) is 9.23. The molecule has 0 saturated heterocycles. The lowest BCUT2D eigenvalue weighted by atomic mass is 10.0. The average molecular weight is 637 g/mol. The molecule has 8 N–H and O–H groups in total. The molecular formula is C33H42ClFN8O2. The number of aromatic amines is 1. The van der Waals surface area contributed by atoms with Crippen LogP contribution >= 0.6 is 11.6 Å². The van der Waals surface area contributed by atoms with Crippen LogP contribution in [0.25, 0.3) is 28.0 Å². The first-order valence-corrected chi connectivity index (χ1v) is 15.7. The molecule has 0 aliphatic carbocycles. The number of aliphatic imine (C=N–C) groups is 1. The number of carbonyl (C=O) groups excluding carboxylic acids is 1. The topological polar surface area (TPSA) is 170 Å². The number of aromatic nitrogens is 3. The molecule has 0 radical (unpaired) electrons. The van der Waals surface area contributed by atoms with Crippen LogP contribution in [-0.4, -0.2) is 45.4 Å². The third-order valence-electron chi connectivity index (χ3n) is 7.63. The van der Waals surface area contributed by atoms with E-state index in [1.165, 1.54) is 4.57 Å². The Bertz CT molecular complexity index is 1700. The summed E-state index contributed by atoms with van der Waals surface area (Å²) in [5.41, 5.74) is 20.1. The molecule has 0 fully saturated rings. The van der Waals surface area contributed by atoms with Gasteiger partial charge in [-0.15, -0.1) is 0 Å². The Kier molecular flexibility index (Phi) is 11.9. The number of fused-ring (bicyclic) bond motifs is 1. The van der Waals surface area contributed by atoms with E-state index in [-0.39, 0.29) is 29.1 Å². The number of halogens is 2. The van der Waals surface area contributed by atoms with E-state index in [0.717, 1.165) is 36.9 Å². The van der Waals surface area contributed by atoms with Crippen LogP contribution in [0.5, 0.6) is 0 Å². The summed E-state index contributed by atoms with van der Waals surface area (Å²) in [5, 5.41) is 4.24. The van der Waals surface area contributed by atoms with Gasteiger partial charge in [0.25, 0.3) is 0 Å². The SMILES string of the molecule is CCCC(NCCCN=C(C)N)c1ccc(-n2cc3cc(-c4cc(CCCC(N)CC(N)=O)cc(Cl)c4F)[nH]c3nc2=O)cc1. The molecule has 240 valence electrons. The largest absolute Gasteiger partial charge is 0.388 e. The van der Waals surface area contributed by atoms with E-state index in [9.17, 15) is 9.59 Å². The number of nitrogens with zero attached hydrogens (tertiary/aromatic N) is 3. The molecule has 0 bridgehead atoms. The molecule has 10 nitrogen and oxygen atoms in total. The van der Waals surface area contributed by atoms with Crippen LogP contribution in [0.2, 0.25) is 5.02 Å². The molecule has 2 aromatic heterocycles. The second kappa shape index (κ2) is 15.8. The maximum atomic E-state index is 15.2. The highest BCUT2D eigenvalue weighted by atomic mass is 35.5. The van der Waals surface area contributed by atoms with Gasteiger partial charge in [-0.25, -0.2) is 9.18 Å². The number of primary amides is 1. The van der Waals surface area contributed by atoms with E-state index in [0.29, 0.717) is 54.1 Å². The van der Waals surface area contributed by atoms with Gasteiger partial charge in [-0.3, -0.25) is 14.4 Å². The molecule has 2 heterocycles. The summed E-state index contributed by atoms with van der Waals surface area (Å²) in [5.74, 6) is -0.417. The molecule has 0 aliphatic rings. The molecule has 4 aromatic rings. The molecule has 0 spiro atoms. The fourth-order valence-corrected chi connectivity index (χ4v) is 5.63. The molecule has 4 rings (SSSR count). The maximum Gasteiger partial charge on any atom is 0.354 e. The van der Waals surface area contributed by atoms with E-state index >= 15 is 4.39 Å². The standard InChI is InChI=1S/C33H42ClFN8O2/c1-3-6-28(40-14-5-13-39-20(2)36)22-9-11-25(12-10-22)43-19-23-17-29(41-32(23)42-33(43)45)26-15-21(16-27(34)31(26)35)7-4-8-24(37)18-30(38)44/h9-12,15-17,19,24,28,40H,3-8,13-14,18,37H2,1-2H3,(H2,36,39)(H2,38,44)(H,41,42,45). The zero-order chi connectivity index (χ0) is 32.5. The first-order chi connectivity index (χ1) is 21.5. The number of benzene rings is 2. The number of hydrogen-bond acceptors (Lipinski definition) is 6. The molecule has 2 aromatic carbocycles. The Hall–Kier alpha value is -4.06. The van der Waals surface area contributed by atoms with Gasteiger partial charge in [-0.1, -0.05) is 37.1 Å². The molecule has 12 heteroatoms. The average Bonchev–Trinajstić information content (AvgIpc) is 3.40. The highest BCUT2D eigenvalue weighted by Gasteiger charge is 2.16. The van der Waals surface area contributed by atoms with Crippen molar-refractivity contribution in [2.75, 3.05) is 13.1 Å². The zero-order valence-electron chi connectivity index (χ0n) is 25.8. The van der Waals surface area contributed by atoms with E-state index < -0.39 is 17.4 Å². The highest BCUT2D eigenvalue weighted by Crippen LogP contribution is 2.31. The molecule has 2 unspecified atom stereocenters. The fourth-order valence-electron chi connectivity index (χ4n) is 5.39. The number of nitrogens with two attached hydrogens (primary N) is 3. The lowest BCUT2D eigenvalue weighted by molar-refractivity contribution is -0.118. The van der Waals surface area contributed by atoms with Crippen LogP contribution in [0.15, 0.2) is 58.4 Å². The normalized spacial score (nSPS) is 13.3. The molecule has 1 amide bonds. The molecule has 2 atom stereocenters. The summed E-state index contributed by atoms with van der Waals surface area (Å²) < 4.78 is 16.7. The predicted molar refractivity (Wildman–Crippen MR) is 179 cm³/mol. The first-order valence-electron chi connectivity index (χ1n) is 15.3. The minimum absolute atomic E-state index is 0.00903. The fraction of sp³-hybridized carbons (Fsp3) is 0.394. The van der Waals surface area contributed by atoms with Gasteiger partial charge in [-0.05, 0) is 87.0 Å². The summed E-state index contributed by atoms with van der Waals surface area (Å²) in [6, 6.07) is 12.8. The smallest absolute Gasteiger partial charge is 0.354 e. The zero-order valence-corrected chi connectivity index (χ0v) is 26.5. The van der Waals surface area contributed by atoms with Crippen LogP contribution in [0.3, 0.4) is 0 Å². The van der Waals surface area contributed by atoms with Crippen molar-refractivity contribution in [2.24, 2.45) is 22.2 Å². The van der Waals surface area contributed by atoms with Crippen LogP contribution in [0, 0.1) is 5.82 Å². The van der Waals surface area contributed by atoms with Crippen molar-refractivity contribution in [3.8, 4) is 16.9 Å². The maximum absolute atomic E-state index is 15.2. The first kappa shape index (κ1) is 33.8. The van der Waals surface area contributed by atoms with E-state index in [1.807, 2.05) is 24.3 Å². The summed E-state index contributed by atoms with van der Waals surface area (Å²) in [7, 11) is 0. The summed E-state index contributed by atoms with van der Waals surface area (Å²) in [6.45, 7) is 5.44. The van der Waals surface area contributed by atoms with Crippen LogP contribution in [0.1, 0.15) is 69.5 Å². The van der Waals surface area contributed by atoms with Gasteiger partial charge in [0.2, 0.25) is 5.91 Å². The van der Waals surface area contributed by atoms with E-state index in [2.05, 4.69) is 27.2 Å². The number of aryl methyl sites for hydroxylation is 1. The molecule has 0 aliphatic heterocycles. The lowest BCUT2D eigenvalue weighted by Gasteiger charge is -2.19. The monoisotopic (exact) mass is 636 g/mol. The summed E-state index contributed by atoms with van der Waals surface area (Å²) >= 11 is 6.26. The second-order valence-corrected chi connectivity index (χ2v) is 11.8. The van der Waals surface area contributed by atoms with Crippen LogP contribution < -0.4 is 28.2 Å². The number of amidine groups is 1. The van der Waals surface area contributed by atoms with Gasteiger partial charge in [-0.2, -0.15) is 4.98 Å². The van der Waals surface area contributed by atoms with Gasteiger partial charge in [0.05, 0.1) is 22.2 Å².